The Morgan fingerprint density at radius 3 is 2.65 bits per heavy atom. The topological polar surface area (TPSA) is 43.4 Å². The Morgan fingerprint density at radius 2 is 2.00 bits per heavy atom. The normalized spacial score (nSPS) is 10.6. The smallest absolute Gasteiger partial charge is 0.379 e. The van der Waals surface area contributed by atoms with Gasteiger partial charge >= 0.3 is 5.97 Å². The molecule has 0 bridgehead atoms. The summed E-state index contributed by atoms with van der Waals surface area (Å²) in [4.78, 5) is 23.6. The predicted molar refractivity (Wildman–Crippen MR) is 77.5 cm³/mol. The number of hydrogen-bond acceptors (Lipinski definition) is 3. The van der Waals surface area contributed by atoms with E-state index < -0.39 is 11.8 Å². The Bertz CT molecular complexity index is 682. The van der Waals surface area contributed by atoms with Crippen LogP contribution in [-0.2, 0) is 14.9 Å². The van der Waals surface area contributed by atoms with Crippen LogP contribution in [0.1, 0.15) is 22.8 Å². The van der Waals surface area contributed by atoms with Gasteiger partial charge in [0.15, 0.2) is 0 Å². The molecule has 5 heteroatoms. The van der Waals surface area contributed by atoms with Crippen LogP contribution in [0.25, 0.3) is 10.8 Å². The van der Waals surface area contributed by atoms with Crippen LogP contribution < -0.4 is 0 Å². The van der Waals surface area contributed by atoms with E-state index in [9.17, 15) is 14.0 Å². The summed E-state index contributed by atoms with van der Waals surface area (Å²) in [5.41, 5.74) is 0.931. The average Bonchev–Trinajstić information content (AvgIpc) is 2.45. The molecule has 0 saturated carbocycles. The monoisotopic (exact) mass is 338 g/mol. The van der Waals surface area contributed by atoms with Gasteiger partial charge in [-0.25, -0.2) is 9.18 Å². The number of alkyl halides is 1. The summed E-state index contributed by atoms with van der Waals surface area (Å²) >= 11 is 3.31. The van der Waals surface area contributed by atoms with Crippen LogP contribution in [0.2, 0.25) is 0 Å². The van der Waals surface area contributed by atoms with Gasteiger partial charge in [-0.05, 0) is 41.5 Å². The lowest BCUT2D eigenvalue weighted by Crippen LogP contribution is -2.19. The SMILES string of the molecule is CCOC(=O)C(=O)c1ccc2cc(F)ccc2c1CBr. The van der Waals surface area contributed by atoms with Gasteiger partial charge in [0, 0.05) is 10.9 Å². The van der Waals surface area contributed by atoms with Crippen LogP contribution in [0, 0.1) is 5.82 Å². The molecule has 0 unspecified atom stereocenters. The predicted octanol–water partition coefficient (Wildman–Crippen LogP) is 3.62. The first-order valence-electron chi connectivity index (χ1n) is 6.07. The summed E-state index contributed by atoms with van der Waals surface area (Å²) in [6.45, 7) is 1.78. The summed E-state index contributed by atoms with van der Waals surface area (Å²) in [7, 11) is 0. The molecule has 0 aliphatic rings. The van der Waals surface area contributed by atoms with Gasteiger partial charge in [-0.3, -0.25) is 4.79 Å². The van der Waals surface area contributed by atoms with Crippen LogP contribution in [0.5, 0.6) is 0 Å². The fourth-order valence-electron chi connectivity index (χ4n) is 2.03. The van der Waals surface area contributed by atoms with Crippen molar-refractivity contribution < 1.29 is 18.7 Å². The highest BCUT2D eigenvalue weighted by atomic mass is 79.9. The lowest BCUT2D eigenvalue weighted by molar-refractivity contribution is -0.137. The number of Topliss-reactive ketones (excluding diaryl/α,β-unsaturated/α-hetero) is 1. The molecule has 0 spiro atoms. The lowest BCUT2D eigenvalue weighted by atomic mass is 9.97. The summed E-state index contributed by atoms with van der Waals surface area (Å²) in [5, 5.41) is 1.80. The fourth-order valence-corrected chi connectivity index (χ4v) is 2.63. The summed E-state index contributed by atoms with van der Waals surface area (Å²) in [6, 6.07) is 7.46. The van der Waals surface area contributed by atoms with E-state index in [1.54, 1.807) is 19.1 Å². The van der Waals surface area contributed by atoms with Gasteiger partial charge in [0.25, 0.3) is 5.78 Å². The highest BCUT2D eigenvalue weighted by Gasteiger charge is 2.21. The number of ketones is 1. The van der Waals surface area contributed by atoms with Crippen LogP contribution >= 0.6 is 15.9 Å². The third-order valence-electron chi connectivity index (χ3n) is 2.93. The zero-order valence-electron chi connectivity index (χ0n) is 10.8. The van der Waals surface area contributed by atoms with E-state index in [0.29, 0.717) is 16.3 Å². The summed E-state index contributed by atoms with van der Waals surface area (Å²) in [5.74, 6) is -1.91. The minimum atomic E-state index is -0.879. The van der Waals surface area contributed by atoms with Gasteiger partial charge < -0.3 is 4.74 Å². The number of ether oxygens (including phenoxy) is 1. The lowest BCUT2D eigenvalue weighted by Gasteiger charge is -2.10. The number of carbonyl (C=O) groups excluding carboxylic acids is 2. The summed E-state index contributed by atoms with van der Waals surface area (Å²) in [6.07, 6.45) is 0. The maximum atomic E-state index is 13.2. The third-order valence-corrected chi connectivity index (χ3v) is 3.49. The average molecular weight is 339 g/mol. The Morgan fingerprint density at radius 1 is 1.25 bits per heavy atom. The van der Waals surface area contributed by atoms with Crippen molar-refractivity contribution in [3.8, 4) is 0 Å². The molecule has 0 aliphatic carbocycles. The second-order valence-corrected chi connectivity index (χ2v) is 4.70. The Labute approximate surface area is 123 Å². The first kappa shape index (κ1) is 14.7. The van der Waals surface area contributed by atoms with Crippen molar-refractivity contribution in [1.29, 1.82) is 0 Å². The molecule has 0 amide bonds. The molecule has 0 radical (unpaired) electrons. The van der Waals surface area contributed by atoms with Crippen molar-refractivity contribution >= 4 is 38.5 Å². The second-order valence-electron chi connectivity index (χ2n) is 4.14. The number of halogens is 2. The molecule has 0 aromatic heterocycles. The number of esters is 1. The van der Waals surface area contributed by atoms with Crippen LogP contribution in [-0.4, -0.2) is 18.4 Å². The van der Waals surface area contributed by atoms with Gasteiger partial charge in [0.2, 0.25) is 0 Å². The van der Waals surface area contributed by atoms with E-state index in [2.05, 4.69) is 15.9 Å². The van der Waals surface area contributed by atoms with E-state index in [1.807, 2.05) is 0 Å². The fraction of sp³-hybridized carbons (Fsp3) is 0.200. The van der Waals surface area contributed by atoms with E-state index in [1.165, 1.54) is 18.2 Å². The number of carbonyl (C=O) groups is 2. The Kier molecular flexibility index (Phi) is 4.49. The Hall–Kier alpha value is -1.75. The highest BCUT2D eigenvalue weighted by molar-refractivity contribution is 9.08. The van der Waals surface area contributed by atoms with E-state index in [-0.39, 0.29) is 18.0 Å². The Balaban J connectivity index is 2.57. The summed E-state index contributed by atoms with van der Waals surface area (Å²) < 4.78 is 17.9. The molecule has 2 aromatic rings. The van der Waals surface area contributed by atoms with Crippen LogP contribution in [0.4, 0.5) is 4.39 Å². The minimum Gasteiger partial charge on any atom is -0.460 e. The van der Waals surface area contributed by atoms with Crippen molar-refractivity contribution in [2.45, 2.75) is 12.3 Å². The third kappa shape index (κ3) is 2.72. The zero-order chi connectivity index (χ0) is 14.7. The number of fused-ring (bicyclic) bond motifs is 1. The molecule has 20 heavy (non-hydrogen) atoms. The van der Waals surface area contributed by atoms with Crippen molar-refractivity contribution in [1.82, 2.24) is 0 Å². The molecular formula is C15H12BrFO3. The van der Waals surface area contributed by atoms with Crippen molar-refractivity contribution in [3.63, 3.8) is 0 Å². The molecule has 0 fully saturated rings. The molecule has 0 aliphatic heterocycles. The molecule has 0 N–H and O–H groups in total. The van der Waals surface area contributed by atoms with Crippen molar-refractivity contribution in [3.05, 3.63) is 47.3 Å². The molecule has 0 heterocycles. The number of rotatable bonds is 4. The van der Waals surface area contributed by atoms with E-state index in [4.69, 9.17) is 4.74 Å². The molecule has 104 valence electrons. The van der Waals surface area contributed by atoms with Gasteiger partial charge in [-0.2, -0.15) is 0 Å². The first-order valence-corrected chi connectivity index (χ1v) is 7.19. The standard InChI is InChI=1S/C15H12BrFO3/c1-2-20-15(19)14(18)12-5-3-9-7-10(17)4-6-11(9)13(12)8-16/h3-7H,2,8H2,1H3. The zero-order valence-corrected chi connectivity index (χ0v) is 12.4. The number of hydrogen-bond donors (Lipinski definition) is 0. The van der Waals surface area contributed by atoms with Gasteiger partial charge in [-0.15, -0.1) is 0 Å². The quantitative estimate of drug-likeness (QED) is 0.370. The second kappa shape index (κ2) is 6.13. The molecule has 0 atom stereocenters. The molecule has 0 saturated heterocycles. The number of benzene rings is 2. The van der Waals surface area contributed by atoms with Crippen LogP contribution in [0.15, 0.2) is 30.3 Å². The minimum absolute atomic E-state index is 0.146. The van der Waals surface area contributed by atoms with Crippen molar-refractivity contribution in [2.24, 2.45) is 0 Å². The maximum Gasteiger partial charge on any atom is 0.379 e. The van der Waals surface area contributed by atoms with Crippen LogP contribution in [0.3, 0.4) is 0 Å². The maximum absolute atomic E-state index is 13.2. The largest absolute Gasteiger partial charge is 0.460 e. The van der Waals surface area contributed by atoms with E-state index >= 15 is 0 Å². The molecule has 2 aromatic carbocycles. The molecule has 2 rings (SSSR count). The molecular weight excluding hydrogens is 327 g/mol. The van der Waals surface area contributed by atoms with Gasteiger partial charge in [0.1, 0.15) is 5.82 Å². The molecule has 3 nitrogen and oxygen atoms in total. The van der Waals surface area contributed by atoms with Crippen molar-refractivity contribution in [2.75, 3.05) is 6.61 Å². The first-order chi connectivity index (χ1) is 9.58. The van der Waals surface area contributed by atoms with Gasteiger partial charge in [-0.1, -0.05) is 28.1 Å². The highest BCUT2D eigenvalue weighted by Crippen LogP contribution is 2.26. The van der Waals surface area contributed by atoms with E-state index in [0.717, 1.165) is 5.39 Å². The van der Waals surface area contributed by atoms with Gasteiger partial charge in [0.05, 0.1) is 6.61 Å².